The molecule has 2 rings (SSSR count). The van der Waals surface area contributed by atoms with E-state index in [1.54, 1.807) is 0 Å². The SMILES string of the molecule is CCCc1ccc2c(c1)CN(O)C=N2. The molecule has 1 aliphatic rings. The molecule has 0 aromatic heterocycles. The first-order valence-electron chi connectivity index (χ1n) is 4.91. The predicted octanol–water partition coefficient (Wildman–Crippen LogP) is 2.50. The summed E-state index contributed by atoms with van der Waals surface area (Å²) < 4.78 is 0. The molecule has 1 aromatic carbocycles. The highest BCUT2D eigenvalue weighted by Crippen LogP contribution is 2.24. The van der Waals surface area contributed by atoms with Gasteiger partial charge in [-0.15, -0.1) is 0 Å². The van der Waals surface area contributed by atoms with Crippen molar-refractivity contribution in [1.29, 1.82) is 0 Å². The van der Waals surface area contributed by atoms with E-state index in [-0.39, 0.29) is 0 Å². The van der Waals surface area contributed by atoms with Crippen LogP contribution in [0.3, 0.4) is 0 Å². The number of hydrogen-bond acceptors (Lipinski definition) is 3. The Bertz CT molecular complexity index is 360. The second-order valence-electron chi connectivity index (χ2n) is 3.56. The van der Waals surface area contributed by atoms with Crippen molar-refractivity contribution in [3.8, 4) is 0 Å². The first-order valence-corrected chi connectivity index (χ1v) is 4.91. The molecular formula is C11H14N2O. The average Bonchev–Trinajstić information content (AvgIpc) is 2.17. The average molecular weight is 190 g/mol. The van der Waals surface area contributed by atoms with E-state index >= 15 is 0 Å². The molecule has 0 unspecified atom stereocenters. The normalized spacial score (nSPS) is 14.3. The van der Waals surface area contributed by atoms with Crippen molar-refractivity contribution in [2.24, 2.45) is 4.99 Å². The Labute approximate surface area is 83.7 Å². The lowest BCUT2D eigenvalue weighted by Crippen LogP contribution is -2.19. The summed E-state index contributed by atoms with van der Waals surface area (Å²) in [5, 5.41) is 10.4. The van der Waals surface area contributed by atoms with Crippen LogP contribution in [0, 0.1) is 0 Å². The van der Waals surface area contributed by atoms with E-state index in [1.807, 2.05) is 6.07 Å². The van der Waals surface area contributed by atoms with Gasteiger partial charge in [0.05, 0.1) is 12.2 Å². The van der Waals surface area contributed by atoms with E-state index in [9.17, 15) is 5.21 Å². The van der Waals surface area contributed by atoms with Crippen LogP contribution in [0.25, 0.3) is 0 Å². The largest absolute Gasteiger partial charge is 0.287 e. The lowest BCUT2D eigenvalue weighted by molar-refractivity contribution is -0.0178. The first-order chi connectivity index (χ1) is 6.79. The van der Waals surface area contributed by atoms with Crippen molar-refractivity contribution < 1.29 is 5.21 Å². The van der Waals surface area contributed by atoms with Crippen molar-refractivity contribution in [2.75, 3.05) is 0 Å². The number of aliphatic imine (C=N–C) groups is 1. The van der Waals surface area contributed by atoms with Gasteiger partial charge in [0, 0.05) is 5.56 Å². The second kappa shape index (κ2) is 3.80. The lowest BCUT2D eigenvalue weighted by Gasteiger charge is -2.18. The highest BCUT2D eigenvalue weighted by atomic mass is 16.5. The predicted molar refractivity (Wildman–Crippen MR) is 55.9 cm³/mol. The summed E-state index contributed by atoms with van der Waals surface area (Å²) >= 11 is 0. The third-order valence-corrected chi connectivity index (χ3v) is 2.35. The maximum absolute atomic E-state index is 9.26. The minimum Gasteiger partial charge on any atom is -0.287 e. The minimum atomic E-state index is 0.538. The van der Waals surface area contributed by atoms with E-state index in [1.165, 1.54) is 11.9 Å². The second-order valence-corrected chi connectivity index (χ2v) is 3.56. The van der Waals surface area contributed by atoms with Crippen LogP contribution in [0.2, 0.25) is 0 Å². The zero-order chi connectivity index (χ0) is 9.97. The topological polar surface area (TPSA) is 35.8 Å². The molecule has 0 radical (unpaired) electrons. The highest BCUT2D eigenvalue weighted by molar-refractivity contribution is 5.66. The molecule has 1 aromatic rings. The quantitative estimate of drug-likeness (QED) is 0.777. The summed E-state index contributed by atoms with van der Waals surface area (Å²) in [6.07, 6.45) is 3.68. The van der Waals surface area contributed by atoms with Gasteiger partial charge in [0.15, 0.2) is 0 Å². The molecule has 0 amide bonds. The van der Waals surface area contributed by atoms with E-state index < -0.39 is 0 Å². The maximum atomic E-state index is 9.26. The van der Waals surface area contributed by atoms with E-state index in [2.05, 4.69) is 24.0 Å². The summed E-state index contributed by atoms with van der Waals surface area (Å²) in [6, 6.07) is 6.25. The number of fused-ring (bicyclic) bond motifs is 1. The molecule has 0 saturated carbocycles. The first kappa shape index (κ1) is 9.21. The standard InChI is InChI=1S/C11H14N2O/c1-2-3-9-4-5-11-10(6-9)7-13(14)8-12-11/h4-6,8,14H,2-3,7H2,1H3. The molecule has 3 heteroatoms. The van der Waals surface area contributed by atoms with E-state index in [4.69, 9.17) is 0 Å². The van der Waals surface area contributed by atoms with Gasteiger partial charge in [-0.2, -0.15) is 0 Å². The molecular weight excluding hydrogens is 176 g/mol. The summed E-state index contributed by atoms with van der Waals surface area (Å²) in [7, 11) is 0. The molecule has 0 aliphatic carbocycles. The molecule has 0 bridgehead atoms. The molecule has 3 nitrogen and oxygen atoms in total. The van der Waals surface area contributed by atoms with Crippen molar-refractivity contribution in [2.45, 2.75) is 26.3 Å². The summed E-state index contributed by atoms with van der Waals surface area (Å²) in [6.45, 7) is 2.70. The number of hydrogen-bond donors (Lipinski definition) is 1. The number of benzene rings is 1. The number of aryl methyl sites for hydroxylation is 1. The van der Waals surface area contributed by atoms with Crippen molar-refractivity contribution in [3.63, 3.8) is 0 Å². The van der Waals surface area contributed by atoms with E-state index in [0.717, 1.165) is 29.2 Å². The monoisotopic (exact) mass is 190 g/mol. The van der Waals surface area contributed by atoms with Gasteiger partial charge in [-0.25, -0.2) is 10.1 Å². The van der Waals surface area contributed by atoms with Crippen LogP contribution in [0.4, 0.5) is 5.69 Å². The van der Waals surface area contributed by atoms with Crippen LogP contribution in [0.15, 0.2) is 23.2 Å². The minimum absolute atomic E-state index is 0.538. The van der Waals surface area contributed by atoms with Gasteiger partial charge < -0.3 is 0 Å². The summed E-state index contributed by atoms with van der Waals surface area (Å²) in [5.74, 6) is 0. The Balaban J connectivity index is 2.30. The highest BCUT2D eigenvalue weighted by Gasteiger charge is 2.09. The fourth-order valence-electron chi connectivity index (χ4n) is 1.68. The van der Waals surface area contributed by atoms with Gasteiger partial charge in [0.1, 0.15) is 6.34 Å². The van der Waals surface area contributed by atoms with Crippen LogP contribution in [0.1, 0.15) is 24.5 Å². The van der Waals surface area contributed by atoms with Crippen molar-refractivity contribution in [1.82, 2.24) is 5.06 Å². The van der Waals surface area contributed by atoms with Gasteiger partial charge in [-0.05, 0) is 18.1 Å². The van der Waals surface area contributed by atoms with Crippen LogP contribution in [-0.2, 0) is 13.0 Å². The molecule has 0 saturated heterocycles. The summed E-state index contributed by atoms with van der Waals surface area (Å²) in [5.41, 5.74) is 3.38. The Morgan fingerprint density at radius 1 is 1.50 bits per heavy atom. The van der Waals surface area contributed by atoms with Gasteiger partial charge in [0.25, 0.3) is 0 Å². The third kappa shape index (κ3) is 1.77. The van der Waals surface area contributed by atoms with Gasteiger partial charge in [-0.1, -0.05) is 25.5 Å². The van der Waals surface area contributed by atoms with E-state index in [0.29, 0.717) is 6.54 Å². The molecule has 0 atom stereocenters. The number of rotatable bonds is 2. The van der Waals surface area contributed by atoms with Gasteiger partial charge in [-0.3, -0.25) is 5.21 Å². The Morgan fingerprint density at radius 2 is 2.36 bits per heavy atom. The molecule has 14 heavy (non-hydrogen) atoms. The summed E-state index contributed by atoms with van der Waals surface area (Å²) in [4.78, 5) is 4.13. The van der Waals surface area contributed by atoms with Crippen LogP contribution >= 0.6 is 0 Å². The van der Waals surface area contributed by atoms with Crippen LogP contribution in [-0.4, -0.2) is 16.6 Å². The Kier molecular flexibility index (Phi) is 2.50. The molecule has 1 aliphatic heterocycles. The smallest absolute Gasteiger partial charge is 0.116 e. The van der Waals surface area contributed by atoms with Gasteiger partial charge >= 0.3 is 0 Å². The zero-order valence-electron chi connectivity index (χ0n) is 8.27. The Hall–Kier alpha value is -1.35. The maximum Gasteiger partial charge on any atom is 0.116 e. The fraction of sp³-hybridized carbons (Fsp3) is 0.364. The zero-order valence-corrected chi connectivity index (χ0v) is 8.27. The molecule has 0 spiro atoms. The molecule has 74 valence electrons. The fourth-order valence-corrected chi connectivity index (χ4v) is 1.68. The lowest BCUT2D eigenvalue weighted by atomic mass is 10.0. The molecule has 1 heterocycles. The van der Waals surface area contributed by atoms with Gasteiger partial charge in [0.2, 0.25) is 0 Å². The van der Waals surface area contributed by atoms with Crippen molar-refractivity contribution in [3.05, 3.63) is 29.3 Å². The van der Waals surface area contributed by atoms with Crippen LogP contribution in [0.5, 0.6) is 0 Å². The number of nitrogens with zero attached hydrogens (tertiary/aromatic N) is 2. The number of hydroxylamine groups is 2. The van der Waals surface area contributed by atoms with Crippen LogP contribution < -0.4 is 0 Å². The Morgan fingerprint density at radius 3 is 3.14 bits per heavy atom. The van der Waals surface area contributed by atoms with Crippen molar-refractivity contribution >= 4 is 12.0 Å². The molecule has 0 fully saturated rings. The molecule has 1 N–H and O–H groups in total. The third-order valence-electron chi connectivity index (χ3n) is 2.35.